The molecule has 0 saturated heterocycles. The zero-order valence-corrected chi connectivity index (χ0v) is 7.48. The van der Waals surface area contributed by atoms with Crippen molar-refractivity contribution in [3.8, 4) is 11.6 Å². The van der Waals surface area contributed by atoms with Gasteiger partial charge < -0.3 is 9.73 Å². The number of rotatable bonds is 2. The molecule has 0 fully saturated rings. The SMILES string of the molecule is CNc1nc(-c2ccco2)nn1C. The van der Waals surface area contributed by atoms with Crippen molar-refractivity contribution < 1.29 is 4.42 Å². The molecule has 5 heteroatoms. The number of nitrogens with one attached hydrogen (secondary N) is 1. The Morgan fingerprint density at radius 1 is 1.54 bits per heavy atom. The highest BCUT2D eigenvalue weighted by Crippen LogP contribution is 2.16. The van der Waals surface area contributed by atoms with Gasteiger partial charge in [0.05, 0.1) is 6.26 Å². The second-order valence-corrected chi connectivity index (χ2v) is 2.61. The van der Waals surface area contributed by atoms with Gasteiger partial charge >= 0.3 is 0 Å². The maximum Gasteiger partial charge on any atom is 0.221 e. The van der Waals surface area contributed by atoms with Crippen LogP contribution in [-0.4, -0.2) is 21.8 Å². The lowest BCUT2D eigenvalue weighted by molar-refractivity contribution is 0.576. The summed E-state index contributed by atoms with van der Waals surface area (Å²) < 4.78 is 6.83. The normalized spacial score (nSPS) is 10.3. The van der Waals surface area contributed by atoms with Gasteiger partial charge in [0.2, 0.25) is 11.8 Å². The Hall–Kier alpha value is -1.78. The van der Waals surface area contributed by atoms with E-state index in [4.69, 9.17) is 4.42 Å². The lowest BCUT2D eigenvalue weighted by atomic mass is 10.4. The fourth-order valence-electron chi connectivity index (χ4n) is 1.11. The maximum atomic E-state index is 5.17. The standard InChI is InChI=1S/C8H10N4O/c1-9-8-10-7(11-12(8)2)6-4-3-5-13-6/h3-5H,1-2H3,(H,9,10,11). The van der Waals surface area contributed by atoms with Crippen LogP contribution >= 0.6 is 0 Å². The van der Waals surface area contributed by atoms with Gasteiger partial charge in [0.1, 0.15) is 0 Å². The summed E-state index contributed by atoms with van der Waals surface area (Å²) in [5.41, 5.74) is 0. The van der Waals surface area contributed by atoms with E-state index in [1.807, 2.05) is 19.2 Å². The van der Waals surface area contributed by atoms with E-state index in [2.05, 4.69) is 15.4 Å². The van der Waals surface area contributed by atoms with Crippen LogP contribution in [0.4, 0.5) is 5.95 Å². The largest absolute Gasteiger partial charge is 0.461 e. The number of nitrogens with zero attached hydrogens (tertiary/aromatic N) is 3. The Morgan fingerprint density at radius 2 is 2.38 bits per heavy atom. The summed E-state index contributed by atoms with van der Waals surface area (Å²) in [6.07, 6.45) is 1.60. The minimum atomic E-state index is 0.594. The molecular formula is C8H10N4O. The first kappa shape index (κ1) is 7.85. The van der Waals surface area contributed by atoms with Gasteiger partial charge in [-0.15, -0.1) is 5.10 Å². The molecule has 2 rings (SSSR count). The van der Waals surface area contributed by atoms with E-state index in [0.717, 1.165) is 0 Å². The second kappa shape index (κ2) is 2.93. The summed E-state index contributed by atoms with van der Waals surface area (Å²) >= 11 is 0. The van der Waals surface area contributed by atoms with E-state index in [0.29, 0.717) is 17.5 Å². The van der Waals surface area contributed by atoms with Gasteiger partial charge in [-0.25, -0.2) is 4.68 Å². The van der Waals surface area contributed by atoms with Crippen molar-refractivity contribution in [3.05, 3.63) is 18.4 Å². The van der Waals surface area contributed by atoms with E-state index in [1.54, 1.807) is 18.0 Å². The molecule has 0 unspecified atom stereocenters. The van der Waals surface area contributed by atoms with Crippen LogP contribution in [0, 0.1) is 0 Å². The molecule has 0 aromatic carbocycles. The Morgan fingerprint density at radius 3 is 2.92 bits per heavy atom. The molecular weight excluding hydrogens is 168 g/mol. The zero-order valence-electron chi connectivity index (χ0n) is 7.48. The molecule has 2 aromatic heterocycles. The predicted molar refractivity (Wildman–Crippen MR) is 48.3 cm³/mol. The van der Waals surface area contributed by atoms with E-state index >= 15 is 0 Å². The van der Waals surface area contributed by atoms with Crippen molar-refractivity contribution in [2.45, 2.75) is 0 Å². The molecule has 0 amide bonds. The number of anilines is 1. The topological polar surface area (TPSA) is 55.9 Å². The summed E-state index contributed by atoms with van der Waals surface area (Å²) in [7, 11) is 3.63. The van der Waals surface area contributed by atoms with Crippen LogP contribution in [0.5, 0.6) is 0 Å². The van der Waals surface area contributed by atoms with Gasteiger partial charge in [-0.1, -0.05) is 0 Å². The molecule has 5 nitrogen and oxygen atoms in total. The third kappa shape index (κ3) is 1.28. The van der Waals surface area contributed by atoms with Crippen molar-refractivity contribution in [1.29, 1.82) is 0 Å². The minimum Gasteiger partial charge on any atom is -0.461 e. The number of furan rings is 1. The van der Waals surface area contributed by atoms with Crippen molar-refractivity contribution in [3.63, 3.8) is 0 Å². The lowest BCUT2D eigenvalue weighted by Crippen LogP contribution is -1.98. The van der Waals surface area contributed by atoms with Crippen LogP contribution in [0.2, 0.25) is 0 Å². The summed E-state index contributed by atoms with van der Waals surface area (Å²) in [5.74, 6) is 1.99. The van der Waals surface area contributed by atoms with Gasteiger partial charge in [-0.2, -0.15) is 4.98 Å². The maximum absolute atomic E-state index is 5.17. The van der Waals surface area contributed by atoms with Gasteiger partial charge in [0.25, 0.3) is 0 Å². The molecule has 0 aliphatic heterocycles. The molecule has 13 heavy (non-hydrogen) atoms. The third-order valence-corrected chi connectivity index (χ3v) is 1.73. The number of aryl methyl sites for hydroxylation is 1. The quantitative estimate of drug-likeness (QED) is 0.748. The average molecular weight is 178 g/mol. The van der Waals surface area contributed by atoms with Crippen molar-refractivity contribution in [2.24, 2.45) is 7.05 Å². The number of hydrogen-bond acceptors (Lipinski definition) is 4. The fourth-order valence-corrected chi connectivity index (χ4v) is 1.11. The van der Waals surface area contributed by atoms with Crippen LogP contribution in [0.1, 0.15) is 0 Å². The molecule has 0 aliphatic rings. The first-order valence-electron chi connectivity index (χ1n) is 3.94. The van der Waals surface area contributed by atoms with E-state index in [1.165, 1.54) is 0 Å². The fraction of sp³-hybridized carbons (Fsp3) is 0.250. The van der Waals surface area contributed by atoms with Gasteiger partial charge in [0, 0.05) is 14.1 Å². The lowest BCUT2D eigenvalue weighted by Gasteiger charge is -1.93. The molecule has 0 atom stereocenters. The van der Waals surface area contributed by atoms with Crippen LogP contribution in [-0.2, 0) is 7.05 Å². The highest BCUT2D eigenvalue weighted by Gasteiger charge is 2.09. The molecule has 1 N–H and O–H groups in total. The van der Waals surface area contributed by atoms with Gasteiger partial charge in [0.15, 0.2) is 5.76 Å². The Kier molecular flexibility index (Phi) is 1.77. The first-order valence-corrected chi connectivity index (χ1v) is 3.94. The van der Waals surface area contributed by atoms with Crippen LogP contribution in [0.15, 0.2) is 22.8 Å². The molecule has 2 heterocycles. The summed E-state index contributed by atoms with van der Waals surface area (Å²) in [5, 5.41) is 7.10. The summed E-state index contributed by atoms with van der Waals surface area (Å²) in [4.78, 5) is 4.22. The van der Waals surface area contributed by atoms with Crippen molar-refractivity contribution >= 4 is 5.95 Å². The van der Waals surface area contributed by atoms with E-state index < -0.39 is 0 Å². The predicted octanol–water partition coefficient (Wildman–Crippen LogP) is 1.12. The van der Waals surface area contributed by atoms with Crippen LogP contribution in [0.25, 0.3) is 11.6 Å². The number of aromatic nitrogens is 3. The molecule has 0 bridgehead atoms. The van der Waals surface area contributed by atoms with Gasteiger partial charge in [-0.3, -0.25) is 0 Å². The zero-order chi connectivity index (χ0) is 9.26. The molecule has 0 spiro atoms. The Balaban J connectivity index is 2.43. The van der Waals surface area contributed by atoms with E-state index in [-0.39, 0.29) is 0 Å². The van der Waals surface area contributed by atoms with Crippen molar-refractivity contribution in [1.82, 2.24) is 14.8 Å². The molecule has 0 aliphatic carbocycles. The monoisotopic (exact) mass is 178 g/mol. The van der Waals surface area contributed by atoms with Crippen LogP contribution in [0.3, 0.4) is 0 Å². The first-order chi connectivity index (χ1) is 6.31. The third-order valence-electron chi connectivity index (χ3n) is 1.73. The Labute approximate surface area is 75.4 Å². The highest BCUT2D eigenvalue weighted by atomic mass is 16.3. The summed E-state index contributed by atoms with van der Waals surface area (Å²) in [6.45, 7) is 0. The van der Waals surface area contributed by atoms with E-state index in [9.17, 15) is 0 Å². The van der Waals surface area contributed by atoms with Crippen molar-refractivity contribution in [2.75, 3.05) is 12.4 Å². The Bertz CT molecular complexity index is 390. The highest BCUT2D eigenvalue weighted by molar-refractivity contribution is 5.48. The molecule has 68 valence electrons. The molecule has 0 saturated carbocycles. The smallest absolute Gasteiger partial charge is 0.221 e. The number of hydrogen-bond donors (Lipinski definition) is 1. The molecule has 2 aromatic rings. The minimum absolute atomic E-state index is 0.594. The van der Waals surface area contributed by atoms with Gasteiger partial charge in [-0.05, 0) is 12.1 Å². The van der Waals surface area contributed by atoms with Crippen LogP contribution < -0.4 is 5.32 Å². The molecule has 0 radical (unpaired) electrons. The average Bonchev–Trinajstić information content (AvgIpc) is 2.71. The second-order valence-electron chi connectivity index (χ2n) is 2.61. The summed E-state index contributed by atoms with van der Waals surface area (Å²) in [6, 6.07) is 3.64.